The largest absolute Gasteiger partial charge is 0.464 e. The molecule has 6 nitrogen and oxygen atoms in total. The summed E-state index contributed by atoms with van der Waals surface area (Å²) in [5, 5.41) is 9.57. The summed E-state index contributed by atoms with van der Waals surface area (Å²) in [7, 11) is 1.25. The molecule has 3 aromatic rings. The monoisotopic (exact) mass is 395 g/mol. The molecular formula is C21H18ClN3O3. The number of benzene rings is 2. The van der Waals surface area contributed by atoms with E-state index < -0.39 is 5.97 Å². The standard InChI is InChI=1S/C21H18ClN3O3/c1-12-4-5-13(2)18(8-12)28-17-7-6-15(9-16(17)22)25-11-14(10-23)19(24)20(25)21(26)27-3/h4-9,11H,24H2,1-3H3. The minimum absolute atomic E-state index is 0.0567. The van der Waals surface area contributed by atoms with Gasteiger partial charge in [-0.1, -0.05) is 23.7 Å². The van der Waals surface area contributed by atoms with E-state index in [0.29, 0.717) is 22.2 Å². The highest BCUT2D eigenvalue weighted by Gasteiger charge is 2.22. The zero-order chi connectivity index (χ0) is 20.4. The van der Waals surface area contributed by atoms with Crippen molar-refractivity contribution in [3.63, 3.8) is 0 Å². The fourth-order valence-corrected chi connectivity index (χ4v) is 2.99. The quantitative estimate of drug-likeness (QED) is 0.642. The highest BCUT2D eigenvalue weighted by Crippen LogP contribution is 2.34. The summed E-state index contributed by atoms with van der Waals surface area (Å²) >= 11 is 6.42. The third kappa shape index (κ3) is 3.53. The van der Waals surface area contributed by atoms with Gasteiger partial charge >= 0.3 is 5.97 Å². The topological polar surface area (TPSA) is 90.3 Å². The number of rotatable bonds is 4. The van der Waals surface area contributed by atoms with Gasteiger partial charge in [-0.25, -0.2) is 4.79 Å². The van der Waals surface area contributed by atoms with Crippen molar-refractivity contribution in [1.82, 2.24) is 4.57 Å². The normalized spacial score (nSPS) is 10.4. The van der Waals surface area contributed by atoms with Gasteiger partial charge in [0.2, 0.25) is 0 Å². The second-order valence-electron chi connectivity index (χ2n) is 6.26. The number of methoxy groups -OCH3 is 1. The number of halogens is 1. The molecule has 2 N–H and O–H groups in total. The Morgan fingerprint density at radius 3 is 2.57 bits per heavy atom. The predicted molar refractivity (Wildman–Crippen MR) is 107 cm³/mol. The van der Waals surface area contributed by atoms with Crippen LogP contribution in [0.25, 0.3) is 5.69 Å². The number of nitrogens with zero attached hydrogens (tertiary/aromatic N) is 2. The first kappa shape index (κ1) is 19.3. The van der Waals surface area contributed by atoms with Crippen LogP contribution < -0.4 is 10.5 Å². The maximum absolute atomic E-state index is 12.1. The van der Waals surface area contributed by atoms with Crippen molar-refractivity contribution in [2.24, 2.45) is 0 Å². The summed E-state index contributed by atoms with van der Waals surface area (Å²) < 4.78 is 12.2. The fraction of sp³-hybridized carbons (Fsp3) is 0.143. The zero-order valence-corrected chi connectivity index (χ0v) is 16.4. The molecule has 0 saturated carbocycles. The molecule has 142 valence electrons. The molecule has 0 aliphatic carbocycles. The first-order valence-corrected chi connectivity index (χ1v) is 8.77. The molecule has 0 spiro atoms. The lowest BCUT2D eigenvalue weighted by molar-refractivity contribution is 0.0593. The van der Waals surface area contributed by atoms with E-state index in [1.54, 1.807) is 18.2 Å². The summed E-state index contributed by atoms with van der Waals surface area (Å²) in [4.78, 5) is 12.1. The summed E-state index contributed by atoms with van der Waals surface area (Å²) in [5.74, 6) is 0.534. The third-order valence-electron chi connectivity index (χ3n) is 4.30. The van der Waals surface area contributed by atoms with Gasteiger partial charge in [0, 0.05) is 11.9 Å². The van der Waals surface area contributed by atoms with Crippen LogP contribution in [0.5, 0.6) is 11.5 Å². The number of hydrogen-bond donors (Lipinski definition) is 1. The average molecular weight is 396 g/mol. The lowest BCUT2D eigenvalue weighted by atomic mass is 10.1. The lowest BCUT2D eigenvalue weighted by Crippen LogP contribution is -2.11. The van der Waals surface area contributed by atoms with E-state index in [2.05, 4.69) is 0 Å². The Morgan fingerprint density at radius 2 is 1.93 bits per heavy atom. The minimum Gasteiger partial charge on any atom is -0.464 e. The smallest absolute Gasteiger partial charge is 0.357 e. The molecule has 0 fully saturated rings. The fourth-order valence-electron chi connectivity index (χ4n) is 2.78. The predicted octanol–water partition coefficient (Wildman–Crippen LogP) is 4.78. The third-order valence-corrected chi connectivity index (χ3v) is 4.60. The van der Waals surface area contributed by atoms with Crippen LogP contribution in [0.3, 0.4) is 0 Å². The number of anilines is 1. The van der Waals surface area contributed by atoms with Gasteiger partial charge in [-0.2, -0.15) is 5.26 Å². The van der Waals surface area contributed by atoms with Crippen molar-refractivity contribution in [3.05, 3.63) is 70.0 Å². The molecule has 0 atom stereocenters. The number of nitriles is 1. The van der Waals surface area contributed by atoms with Crippen molar-refractivity contribution >= 4 is 23.3 Å². The molecule has 0 aliphatic rings. The van der Waals surface area contributed by atoms with E-state index in [-0.39, 0.29) is 16.9 Å². The maximum Gasteiger partial charge on any atom is 0.357 e. The summed E-state index contributed by atoms with van der Waals surface area (Å²) in [6.07, 6.45) is 1.47. The summed E-state index contributed by atoms with van der Waals surface area (Å²) in [5.41, 5.74) is 8.83. The number of carbonyl (C=O) groups is 1. The number of hydrogen-bond acceptors (Lipinski definition) is 5. The molecule has 0 unspecified atom stereocenters. The van der Waals surface area contributed by atoms with Crippen molar-refractivity contribution < 1.29 is 14.3 Å². The molecule has 0 aliphatic heterocycles. The van der Waals surface area contributed by atoms with Crippen LogP contribution in [-0.2, 0) is 4.74 Å². The second-order valence-corrected chi connectivity index (χ2v) is 6.67. The molecule has 2 aromatic carbocycles. The minimum atomic E-state index is -0.647. The average Bonchev–Trinajstić information content (AvgIpc) is 3.02. The van der Waals surface area contributed by atoms with E-state index in [1.807, 2.05) is 38.1 Å². The molecule has 1 heterocycles. The molecule has 7 heteroatoms. The van der Waals surface area contributed by atoms with Crippen molar-refractivity contribution in [2.45, 2.75) is 13.8 Å². The van der Waals surface area contributed by atoms with E-state index >= 15 is 0 Å². The van der Waals surface area contributed by atoms with Gasteiger partial charge in [-0.15, -0.1) is 0 Å². The Kier molecular flexibility index (Phi) is 5.30. The Hall–Kier alpha value is -3.43. The highest BCUT2D eigenvalue weighted by atomic mass is 35.5. The summed E-state index contributed by atoms with van der Waals surface area (Å²) in [6.45, 7) is 3.93. The van der Waals surface area contributed by atoms with E-state index in [0.717, 1.165) is 11.1 Å². The Balaban J connectivity index is 2.03. The number of aromatic nitrogens is 1. The Labute approximate surface area is 167 Å². The van der Waals surface area contributed by atoms with Crippen molar-refractivity contribution in [3.8, 4) is 23.3 Å². The van der Waals surface area contributed by atoms with Crippen molar-refractivity contribution in [2.75, 3.05) is 12.8 Å². The van der Waals surface area contributed by atoms with E-state index in [9.17, 15) is 10.1 Å². The van der Waals surface area contributed by atoms with Crippen LogP contribution >= 0.6 is 11.6 Å². The molecular weight excluding hydrogens is 378 g/mol. The van der Waals surface area contributed by atoms with Gasteiger partial charge < -0.3 is 19.8 Å². The molecule has 0 bridgehead atoms. The maximum atomic E-state index is 12.1. The number of nitrogens with two attached hydrogens (primary N) is 1. The molecule has 0 radical (unpaired) electrons. The van der Waals surface area contributed by atoms with E-state index in [4.69, 9.17) is 26.8 Å². The van der Waals surface area contributed by atoms with Gasteiger partial charge in [-0.3, -0.25) is 0 Å². The summed E-state index contributed by atoms with van der Waals surface area (Å²) in [6, 6.07) is 12.9. The van der Waals surface area contributed by atoms with Crippen LogP contribution in [0.4, 0.5) is 5.69 Å². The van der Waals surface area contributed by atoms with Gasteiger partial charge in [-0.05, 0) is 49.2 Å². The first-order valence-electron chi connectivity index (χ1n) is 8.40. The number of nitrogen functional groups attached to an aromatic ring is 1. The molecule has 3 rings (SSSR count). The SMILES string of the molecule is COC(=O)c1c(N)c(C#N)cn1-c1ccc(Oc2cc(C)ccc2C)c(Cl)c1. The lowest BCUT2D eigenvalue weighted by Gasteiger charge is -2.13. The molecule has 0 saturated heterocycles. The molecule has 28 heavy (non-hydrogen) atoms. The van der Waals surface area contributed by atoms with Crippen LogP contribution in [0, 0.1) is 25.2 Å². The van der Waals surface area contributed by atoms with E-state index in [1.165, 1.54) is 17.9 Å². The van der Waals surface area contributed by atoms with Crippen LogP contribution in [0.2, 0.25) is 5.02 Å². The zero-order valence-electron chi connectivity index (χ0n) is 15.6. The van der Waals surface area contributed by atoms with Gasteiger partial charge in [0.25, 0.3) is 0 Å². The highest BCUT2D eigenvalue weighted by molar-refractivity contribution is 6.32. The van der Waals surface area contributed by atoms with Crippen LogP contribution in [0.15, 0.2) is 42.6 Å². The van der Waals surface area contributed by atoms with Crippen molar-refractivity contribution in [1.29, 1.82) is 5.26 Å². The van der Waals surface area contributed by atoms with Gasteiger partial charge in [0.1, 0.15) is 17.6 Å². The Morgan fingerprint density at radius 1 is 1.18 bits per heavy atom. The molecule has 1 aromatic heterocycles. The van der Waals surface area contributed by atoms with Gasteiger partial charge in [0.05, 0.1) is 23.4 Å². The molecule has 0 amide bonds. The van der Waals surface area contributed by atoms with Crippen LogP contribution in [0.1, 0.15) is 27.2 Å². The Bertz CT molecular complexity index is 1110. The van der Waals surface area contributed by atoms with Crippen LogP contribution in [-0.4, -0.2) is 17.6 Å². The second kappa shape index (κ2) is 7.67. The first-order chi connectivity index (χ1) is 13.3. The number of esters is 1. The number of ether oxygens (including phenoxy) is 2. The number of aryl methyl sites for hydroxylation is 2. The number of carbonyl (C=O) groups excluding carboxylic acids is 1. The van der Waals surface area contributed by atoms with Gasteiger partial charge in [0.15, 0.2) is 5.69 Å².